The highest BCUT2D eigenvalue weighted by atomic mass is 32.1. The molecule has 0 bridgehead atoms. The molecular weight excluding hydrogens is 348 g/mol. The molecule has 0 spiro atoms. The Labute approximate surface area is 155 Å². The van der Waals surface area contributed by atoms with Crippen molar-refractivity contribution in [2.45, 2.75) is 20.4 Å². The lowest BCUT2D eigenvalue weighted by atomic mass is 10.1. The molecule has 0 atom stereocenters. The van der Waals surface area contributed by atoms with Crippen LogP contribution in [0.4, 0.5) is 10.5 Å². The second-order valence-electron chi connectivity index (χ2n) is 6.01. The highest BCUT2D eigenvalue weighted by Crippen LogP contribution is 2.21. The SMILES string of the molecule is Cc1cc(C)cc(NC(=O)NCCn2nc(-c3cccs3)ccc2=O)c1. The van der Waals surface area contributed by atoms with Gasteiger partial charge in [-0.15, -0.1) is 11.3 Å². The van der Waals surface area contributed by atoms with E-state index in [9.17, 15) is 9.59 Å². The molecule has 134 valence electrons. The van der Waals surface area contributed by atoms with Gasteiger partial charge in [-0.1, -0.05) is 12.1 Å². The van der Waals surface area contributed by atoms with Crippen LogP contribution in [0.3, 0.4) is 0 Å². The van der Waals surface area contributed by atoms with Crippen LogP contribution in [-0.2, 0) is 6.54 Å². The molecule has 0 aliphatic rings. The van der Waals surface area contributed by atoms with Gasteiger partial charge in [0.05, 0.1) is 11.4 Å². The molecule has 0 saturated heterocycles. The van der Waals surface area contributed by atoms with Crippen molar-refractivity contribution in [3.05, 3.63) is 69.3 Å². The predicted molar refractivity (Wildman–Crippen MR) is 105 cm³/mol. The number of hydrogen-bond acceptors (Lipinski definition) is 4. The van der Waals surface area contributed by atoms with Crippen molar-refractivity contribution in [3.63, 3.8) is 0 Å². The molecule has 7 heteroatoms. The number of thiophene rings is 1. The summed E-state index contributed by atoms with van der Waals surface area (Å²) in [5.74, 6) is 0. The normalized spacial score (nSPS) is 10.5. The molecule has 3 rings (SSSR count). The number of carbonyl (C=O) groups excluding carboxylic acids is 1. The van der Waals surface area contributed by atoms with Crippen molar-refractivity contribution in [1.29, 1.82) is 0 Å². The lowest BCUT2D eigenvalue weighted by Crippen LogP contribution is -2.34. The minimum Gasteiger partial charge on any atom is -0.336 e. The quantitative estimate of drug-likeness (QED) is 0.725. The summed E-state index contributed by atoms with van der Waals surface area (Å²) in [5.41, 5.74) is 3.47. The van der Waals surface area contributed by atoms with E-state index in [1.807, 2.05) is 49.6 Å². The maximum absolute atomic E-state index is 12.0. The van der Waals surface area contributed by atoms with Crippen molar-refractivity contribution in [2.75, 3.05) is 11.9 Å². The van der Waals surface area contributed by atoms with Gasteiger partial charge in [0.15, 0.2) is 0 Å². The number of aromatic nitrogens is 2. The number of benzene rings is 1. The lowest BCUT2D eigenvalue weighted by Gasteiger charge is -2.10. The summed E-state index contributed by atoms with van der Waals surface area (Å²) in [7, 11) is 0. The van der Waals surface area contributed by atoms with Crippen LogP contribution in [0.5, 0.6) is 0 Å². The first kappa shape index (κ1) is 17.9. The van der Waals surface area contributed by atoms with Crippen LogP contribution in [-0.4, -0.2) is 22.4 Å². The molecule has 0 unspecified atom stereocenters. The summed E-state index contributed by atoms with van der Waals surface area (Å²) in [6.07, 6.45) is 0. The molecule has 0 fully saturated rings. The van der Waals surface area contributed by atoms with Crippen LogP contribution >= 0.6 is 11.3 Å². The smallest absolute Gasteiger partial charge is 0.319 e. The summed E-state index contributed by atoms with van der Waals surface area (Å²) in [6.45, 7) is 4.57. The topological polar surface area (TPSA) is 76.0 Å². The largest absolute Gasteiger partial charge is 0.336 e. The van der Waals surface area contributed by atoms with Crippen molar-refractivity contribution in [1.82, 2.24) is 15.1 Å². The number of rotatable bonds is 5. The summed E-state index contributed by atoms with van der Waals surface area (Å²) in [4.78, 5) is 25.0. The zero-order valence-electron chi connectivity index (χ0n) is 14.7. The van der Waals surface area contributed by atoms with E-state index in [0.717, 1.165) is 27.4 Å². The third-order valence-electron chi connectivity index (χ3n) is 3.73. The molecular formula is C19H20N4O2S. The van der Waals surface area contributed by atoms with E-state index in [4.69, 9.17) is 0 Å². The van der Waals surface area contributed by atoms with Gasteiger partial charge in [-0.05, 0) is 54.6 Å². The van der Waals surface area contributed by atoms with E-state index in [0.29, 0.717) is 13.1 Å². The highest BCUT2D eigenvalue weighted by Gasteiger charge is 2.06. The van der Waals surface area contributed by atoms with E-state index in [-0.39, 0.29) is 11.6 Å². The van der Waals surface area contributed by atoms with E-state index in [1.165, 1.54) is 10.7 Å². The summed E-state index contributed by atoms with van der Waals surface area (Å²) >= 11 is 1.57. The molecule has 3 aromatic rings. The first-order chi connectivity index (χ1) is 12.5. The van der Waals surface area contributed by atoms with Gasteiger partial charge in [-0.2, -0.15) is 5.10 Å². The Morgan fingerprint density at radius 3 is 2.62 bits per heavy atom. The van der Waals surface area contributed by atoms with E-state index >= 15 is 0 Å². The molecule has 0 aliphatic heterocycles. The third kappa shape index (κ3) is 4.58. The van der Waals surface area contributed by atoms with Crippen molar-refractivity contribution in [2.24, 2.45) is 0 Å². The van der Waals surface area contributed by atoms with Crippen LogP contribution in [0, 0.1) is 13.8 Å². The standard InChI is InChI=1S/C19H20N4O2S/c1-13-10-14(2)12-15(11-13)21-19(25)20-7-8-23-18(24)6-5-16(22-23)17-4-3-9-26-17/h3-6,9-12H,7-8H2,1-2H3,(H2,20,21,25). The van der Waals surface area contributed by atoms with Gasteiger partial charge < -0.3 is 10.6 Å². The molecule has 26 heavy (non-hydrogen) atoms. The molecule has 2 amide bonds. The van der Waals surface area contributed by atoms with E-state index in [2.05, 4.69) is 15.7 Å². The second kappa shape index (κ2) is 7.97. The number of amides is 2. The molecule has 0 saturated carbocycles. The fraction of sp³-hybridized carbons (Fsp3) is 0.211. The number of hydrogen-bond donors (Lipinski definition) is 2. The average Bonchev–Trinajstić information content (AvgIpc) is 3.10. The van der Waals surface area contributed by atoms with Crippen molar-refractivity contribution in [3.8, 4) is 10.6 Å². The molecule has 0 aliphatic carbocycles. The van der Waals surface area contributed by atoms with Gasteiger partial charge >= 0.3 is 6.03 Å². The molecule has 1 aromatic carbocycles. The van der Waals surface area contributed by atoms with E-state index < -0.39 is 0 Å². The fourth-order valence-electron chi connectivity index (χ4n) is 2.66. The molecule has 2 N–H and O–H groups in total. The summed E-state index contributed by atoms with van der Waals surface area (Å²) in [6, 6.07) is 12.7. The number of urea groups is 1. The van der Waals surface area contributed by atoms with Gasteiger partial charge in [-0.25, -0.2) is 9.48 Å². The fourth-order valence-corrected chi connectivity index (χ4v) is 3.35. The van der Waals surface area contributed by atoms with Crippen molar-refractivity contribution >= 4 is 23.1 Å². The molecule has 2 heterocycles. The Morgan fingerprint density at radius 1 is 1.15 bits per heavy atom. The average molecular weight is 368 g/mol. The molecule has 0 radical (unpaired) electrons. The van der Waals surface area contributed by atoms with Gasteiger partial charge in [0.25, 0.3) is 5.56 Å². The van der Waals surface area contributed by atoms with Gasteiger partial charge in [0, 0.05) is 18.3 Å². The van der Waals surface area contributed by atoms with Crippen molar-refractivity contribution < 1.29 is 4.79 Å². The Bertz CT molecular complexity index is 944. The van der Waals surface area contributed by atoms with Crippen LogP contribution in [0.25, 0.3) is 10.6 Å². The Morgan fingerprint density at radius 2 is 1.92 bits per heavy atom. The number of nitrogens with zero attached hydrogens (tertiary/aromatic N) is 2. The Hall–Kier alpha value is -2.93. The maximum atomic E-state index is 12.0. The third-order valence-corrected chi connectivity index (χ3v) is 4.62. The van der Waals surface area contributed by atoms with Crippen LogP contribution in [0.2, 0.25) is 0 Å². The zero-order valence-corrected chi connectivity index (χ0v) is 15.5. The Balaban J connectivity index is 1.58. The minimum absolute atomic E-state index is 0.193. The Kier molecular flexibility index (Phi) is 5.48. The summed E-state index contributed by atoms with van der Waals surface area (Å²) < 4.78 is 1.37. The molecule has 2 aromatic heterocycles. The molecule has 6 nitrogen and oxygen atoms in total. The number of aryl methyl sites for hydroxylation is 2. The van der Waals surface area contributed by atoms with Crippen LogP contribution in [0.1, 0.15) is 11.1 Å². The first-order valence-electron chi connectivity index (χ1n) is 8.26. The highest BCUT2D eigenvalue weighted by molar-refractivity contribution is 7.13. The zero-order chi connectivity index (χ0) is 18.5. The van der Waals surface area contributed by atoms with Crippen LogP contribution in [0.15, 0.2) is 52.6 Å². The summed E-state index contributed by atoms with van der Waals surface area (Å²) in [5, 5.41) is 11.9. The number of nitrogens with one attached hydrogen (secondary N) is 2. The van der Waals surface area contributed by atoms with Gasteiger partial charge in [0.2, 0.25) is 0 Å². The maximum Gasteiger partial charge on any atom is 0.319 e. The lowest BCUT2D eigenvalue weighted by molar-refractivity contribution is 0.251. The van der Waals surface area contributed by atoms with E-state index in [1.54, 1.807) is 17.4 Å². The van der Waals surface area contributed by atoms with Gasteiger partial charge in [-0.3, -0.25) is 4.79 Å². The first-order valence-corrected chi connectivity index (χ1v) is 9.14. The number of anilines is 1. The van der Waals surface area contributed by atoms with Gasteiger partial charge in [0.1, 0.15) is 5.69 Å². The predicted octanol–water partition coefficient (Wildman–Crippen LogP) is 3.41. The van der Waals surface area contributed by atoms with Crippen LogP contribution < -0.4 is 16.2 Å². The minimum atomic E-state index is -0.308. The second-order valence-corrected chi connectivity index (χ2v) is 6.96. The number of carbonyl (C=O) groups is 1. The monoisotopic (exact) mass is 368 g/mol.